The van der Waals surface area contributed by atoms with Crippen LogP contribution in [0.2, 0.25) is 10.0 Å². The zero-order valence-corrected chi connectivity index (χ0v) is 22.3. The smallest absolute Gasteiger partial charge is 0.305 e. The summed E-state index contributed by atoms with van der Waals surface area (Å²) in [5, 5.41) is 10.2. The van der Waals surface area contributed by atoms with Gasteiger partial charge in [0.25, 0.3) is 5.56 Å². The molecule has 3 aromatic rings. The van der Waals surface area contributed by atoms with Crippen LogP contribution in [0.25, 0.3) is 10.9 Å². The number of amides is 2. The van der Waals surface area contributed by atoms with E-state index < -0.39 is 11.9 Å². The first-order valence-electron chi connectivity index (χ1n) is 12.1. The van der Waals surface area contributed by atoms with Gasteiger partial charge in [-0.2, -0.15) is 0 Å². The normalized spacial score (nSPS) is 13.6. The fourth-order valence-corrected chi connectivity index (χ4v) is 4.68. The number of benzene rings is 2. The summed E-state index contributed by atoms with van der Waals surface area (Å²) in [6.07, 6.45) is 1.07. The second kappa shape index (κ2) is 11.8. The minimum absolute atomic E-state index is 0.0384. The molecule has 1 fully saturated rings. The number of aromatic nitrogens is 2. The third-order valence-electron chi connectivity index (χ3n) is 6.51. The first-order chi connectivity index (χ1) is 18.1. The van der Waals surface area contributed by atoms with Gasteiger partial charge in [-0.05, 0) is 35.9 Å². The van der Waals surface area contributed by atoms with E-state index >= 15 is 0 Å². The summed E-state index contributed by atoms with van der Waals surface area (Å²) in [5.41, 5.74) is 1.65. The molecule has 0 radical (unpaired) electrons. The van der Waals surface area contributed by atoms with Crippen molar-refractivity contribution in [3.63, 3.8) is 0 Å². The Labute approximate surface area is 229 Å². The fourth-order valence-electron chi connectivity index (χ4n) is 4.36. The molecule has 12 heteroatoms. The molecule has 1 aromatic heterocycles. The van der Waals surface area contributed by atoms with Gasteiger partial charge in [-0.15, -0.1) is 0 Å². The van der Waals surface area contributed by atoms with Crippen molar-refractivity contribution in [3.05, 3.63) is 68.7 Å². The third-order valence-corrected chi connectivity index (χ3v) is 7.25. The van der Waals surface area contributed by atoms with Gasteiger partial charge in [0.1, 0.15) is 6.54 Å². The average molecular weight is 560 g/mol. The predicted octanol–water partition coefficient (Wildman–Crippen LogP) is 2.88. The van der Waals surface area contributed by atoms with E-state index in [1.807, 2.05) is 6.07 Å². The zero-order chi connectivity index (χ0) is 27.4. The third kappa shape index (κ3) is 6.43. The van der Waals surface area contributed by atoms with E-state index in [0.29, 0.717) is 52.7 Å². The van der Waals surface area contributed by atoms with Gasteiger partial charge in [0, 0.05) is 51.9 Å². The summed E-state index contributed by atoms with van der Waals surface area (Å²) in [7, 11) is 0. The molecule has 1 saturated heterocycles. The molecule has 1 aliphatic rings. The molecule has 0 aliphatic carbocycles. The standard InChI is InChI=1S/C26H27Cl2N5O5/c1-17(34)30-8-10-31(11-9-30)19-3-5-23-20(13-19)26(38)33(16-29-23)15-24(35)32(7-6-25(36)37)14-18-2-4-21(27)22(28)12-18/h2-5,12-13,16H,6-11,14-15H2,1H3,(H,36,37). The van der Waals surface area contributed by atoms with Crippen molar-refractivity contribution in [2.75, 3.05) is 37.6 Å². The second-order valence-corrected chi connectivity index (χ2v) is 9.89. The molecule has 38 heavy (non-hydrogen) atoms. The SMILES string of the molecule is CC(=O)N1CCN(c2ccc3ncn(CC(=O)N(CCC(=O)O)Cc4ccc(Cl)c(Cl)c4)c(=O)c3c2)CC1. The Balaban J connectivity index is 1.55. The molecule has 2 heterocycles. The van der Waals surface area contributed by atoms with Crippen molar-refractivity contribution in [1.29, 1.82) is 0 Å². The first kappa shape index (κ1) is 27.4. The van der Waals surface area contributed by atoms with E-state index in [1.165, 1.54) is 15.8 Å². The quantitative estimate of drug-likeness (QED) is 0.451. The summed E-state index contributed by atoms with van der Waals surface area (Å²) in [6, 6.07) is 10.3. The summed E-state index contributed by atoms with van der Waals surface area (Å²) in [4.78, 5) is 59.0. The summed E-state index contributed by atoms with van der Waals surface area (Å²) >= 11 is 12.1. The number of hydrogen-bond acceptors (Lipinski definition) is 6. The van der Waals surface area contributed by atoms with Crippen LogP contribution >= 0.6 is 23.2 Å². The lowest BCUT2D eigenvalue weighted by Gasteiger charge is -2.35. The van der Waals surface area contributed by atoms with Gasteiger partial charge in [0.05, 0.1) is 33.7 Å². The molecule has 0 bridgehead atoms. The second-order valence-electron chi connectivity index (χ2n) is 9.08. The molecule has 0 spiro atoms. The number of piperazine rings is 1. The Morgan fingerprint density at radius 2 is 1.76 bits per heavy atom. The van der Waals surface area contributed by atoms with E-state index in [-0.39, 0.29) is 37.5 Å². The van der Waals surface area contributed by atoms with Crippen LogP contribution in [0.1, 0.15) is 18.9 Å². The van der Waals surface area contributed by atoms with E-state index in [2.05, 4.69) is 9.88 Å². The number of nitrogens with zero attached hydrogens (tertiary/aromatic N) is 5. The Hall–Kier alpha value is -3.63. The highest BCUT2D eigenvalue weighted by atomic mass is 35.5. The van der Waals surface area contributed by atoms with Crippen molar-refractivity contribution in [2.24, 2.45) is 0 Å². The maximum atomic E-state index is 13.3. The van der Waals surface area contributed by atoms with E-state index in [4.69, 9.17) is 28.3 Å². The average Bonchev–Trinajstić information content (AvgIpc) is 2.90. The van der Waals surface area contributed by atoms with Crippen molar-refractivity contribution in [3.8, 4) is 0 Å². The van der Waals surface area contributed by atoms with Crippen molar-refractivity contribution in [2.45, 2.75) is 26.4 Å². The zero-order valence-electron chi connectivity index (χ0n) is 20.8. The maximum absolute atomic E-state index is 13.3. The van der Waals surface area contributed by atoms with E-state index in [9.17, 15) is 19.2 Å². The van der Waals surface area contributed by atoms with Crippen molar-refractivity contribution >= 4 is 57.6 Å². The number of hydrogen-bond donors (Lipinski definition) is 1. The fraction of sp³-hybridized carbons (Fsp3) is 0.346. The molecule has 0 saturated carbocycles. The van der Waals surface area contributed by atoms with Crippen molar-refractivity contribution in [1.82, 2.24) is 19.4 Å². The molecule has 10 nitrogen and oxygen atoms in total. The van der Waals surface area contributed by atoms with Gasteiger partial charge >= 0.3 is 5.97 Å². The molecule has 200 valence electrons. The number of carboxylic acids is 1. The van der Waals surface area contributed by atoms with Crippen LogP contribution in [0.15, 0.2) is 47.5 Å². The first-order valence-corrected chi connectivity index (χ1v) is 12.8. The number of anilines is 1. The molecule has 4 rings (SSSR count). The van der Waals surface area contributed by atoms with Crippen LogP contribution in [0.5, 0.6) is 0 Å². The van der Waals surface area contributed by atoms with Crippen LogP contribution in [0, 0.1) is 0 Å². The number of halogens is 2. The lowest BCUT2D eigenvalue weighted by molar-refractivity contribution is -0.139. The topological polar surface area (TPSA) is 116 Å². The van der Waals surface area contributed by atoms with Crippen LogP contribution in [-0.2, 0) is 27.5 Å². The lowest BCUT2D eigenvalue weighted by Crippen LogP contribution is -2.48. The number of carboxylic acid groups (broad SMARTS) is 1. The summed E-state index contributed by atoms with van der Waals surface area (Å²) in [6.45, 7) is 3.80. The predicted molar refractivity (Wildman–Crippen MR) is 145 cm³/mol. The highest BCUT2D eigenvalue weighted by molar-refractivity contribution is 6.42. The van der Waals surface area contributed by atoms with Gasteiger partial charge in [0.15, 0.2) is 0 Å². The van der Waals surface area contributed by atoms with Crippen LogP contribution in [0.4, 0.5) is 5.69 Å². The van der Waals surface area contributed by atoms with Crippen LogP contribution < -0.4 is 10.5 Å². The number of aliphatic carboxylic acids is 1. The number of rotatable bonds is 8. The molecule has 2 amide bonds. The van der Waals surface area contributed by atoms with Gasteiger partial charge in [0.2, 0.25) is 11.8 Å². The summed E-state index contributed by atoms with van der Waals surface area (Å²) < 4.78 is 1.23. The highest BCUT2D eigenvalue weighted by Gasteiger charge is 2.21. The largest absolute Gasteiger partial charge is 0.481 e. The number of carbonyl (C=O) groups is 3. The van der Waals surface area contributed by atoms with Gasteiger partial charge < -0.3 is 19.8 Å². The molecular formula is C26H27Cl2N5O5. The van der Waals surface area contributed by atoms with Gasteiger partial charge in [-0.3, -0.25) is 23.7 Å². The van der Waals surface area contributed by atoms with Gasteiger partial charge in [-0.1, -0.05) is 29.3 Å². The Morgan fingerprint density at radius 1 is 1.03 bits per heavy atom. The Kier molecular flexibility index (Phi) is 8.53. The lowest BCUT2D eigenvalue weighted by atomic mass is 10.2. The Morgan fingerprint density at radius 3 is 2.42 bits per heavy atom. The molecule has 1 N–H and O–H groups in total. The molecule has 0 atom stereocenters. The number of fused-ring (bicyclic) bond motifs is 1. The van der Waals surface area contributed by atoms with Gasteiger partial charge in [-0.25, -0.2) is 4.98 Å². The molecule has 1 aliphatic heterocycles. The van der Waals surface area contributed by atoms with Crippen molar-refractivity contribution < 1.29 is 19.5 Å². The minimum Gasteiger partial charge on any atom is -0.481 e. The maximum Gasteiger partial charge on any atom is 0.305 e. The van der Waals surface area contributed by atoms with E-state index in [0.717, 1.165) is 5.69 Å². The monoisotopic (exact) mass is 559 g/mol. The highest BCUT2D eigenvalue weighted by Crippen LogP contribution is 2.24. The minimum atomic E-state index is -1.04. The van der Waals surface area contributed by atoms with Crippen LogP contribution in [0.3, 0.4) is 0 Å². The Bertz CT molecular complexity index is 1440. The molecular weight excluding hydrogens is 533 g/mol. The number of carbonyl (C=O) groups excluding carboxylic acids is 2. The molecule has 2 aromatic carbocycles. The van der Waals surface area contributed by atoms with E-state index in [1.54, 1.807) is 42.2 Å². The summed E-state index contributed by atoms with van der Waals surface area (Å²) in [5.74, 6) is -1.44. The van der Waals surface area contributed by atoms with Crippen LogP contribution in [-0.4, -0.2) is 75.0 Å². The molecule has 0 unspecified atom stereocenters.